The minimum atomic E-state index is -0.436. The SMILES string of the molecule is O=C1N[C@H]2CN(C(=O)c3cn[nH]c3C3CCCCC3)C[C@@H]2OCc2cn(nn2)CCOc2cccnc21. The molecule has 2 aliphatic heterocycles. The van der Waals surface area contributed by atoms with Gasteiger partial charge in [0.2, 0.25) is 0 Å². The van der Waals surface area contributed by atoms with Crippen LogP contribution in [0.4, 0.5) is 0 Å². The summed E-state index contributed by atoms with van der Waals surface area (Å²) in [6.45, 7) is 1.62. The van der Waals surface area contributed by atoms with E-state index in [0.717, 1.165) is 31.4 Å². The molecule has 194 valence electrons. The van der Waals surface area contributed by atoms with E-state index in [1.54, 1.807) is 34.1 Å². The van der Waals surface area contributed by atoms with E-state index in [2.05, 4.69) is 30.8 Å². The Bertz CT molecular complexity index is 1270. The number of hydrogen-bond acceptors (Lipinski definition) is 8. The van der Waals surface area contributed by atoms with Gasteiger partial charge in [0.05, 0.1) is 48.9 Å². The number of aromatic amines is 1. The van der Waals surface area contributed by atoms with E-state index in [1.807, 2.05) is 6.20 Å². The molecule has 2 fully saturated rings. The predicted molar refractivity (Wildman–Crippen MR) is 130 cm³/mol. The second kappa shape index (κ2) is 10.3. The van der Waals surface area contributed by atoms with Crippen molar-refractivity contribution in [3.8, 4) is 5.75 Å². The van der Waals surface area contributed by atoms with E-state index >= 15 is 0 Å². The number of carbonyl (C=O) groups excluding carboxylic acids is 2. The summed E-state index contributed by atoms with van der Waals surface area (Å²) in [5.74, 6) is 0.227. The van der Waals surface area contributed by atoms with Crippen molar-refractivity contribution >= 4 is 11.8 Å². The van der Waals surface area contributed by atoms with Crippen molar-refractivity contribution in [2.75, 3.05) is 19.7 Å². The third-order valence-electron chi connectivity index (χ3n) is 7.38. The fourth-order valence-electron chi connectivity index (χ4n) is 5.46. The Kier molecular flexibility index (Phi) is 6.56. The van der Waals surface area contributed by atoms with Crippen LogP contribution in [0.1, 0.15) is 70.3 Å². The van der Waals surface area contributed by atoms with Crippen molar-refractivity contribution in [2.45, 2.75) is 63.3 Å². The van der Waals surface area contributed by atoms with Gasteiger partial charge in [-0.1, -0.05) is 24.5 Å². The van der Waals surface area contributed by atoms with Gasteiger partial charge in [0, 0.05) is 25.2 Å². The third-order valence-corrected chi connectivity index (χ3v) is 7.38. The molecule has 3 aromatic heterocycles. The molecule has 12 nitrogen and oxygen atoms in total. The summed E-state index contributed by atoms with van der Waals surface area (Å²) in [5, 5.41) is 18.6. The van der Waals surface area contributed by atoms with Crippen molar-refractivity contribution in [2.24, 2.45) is 0 Å². The molecule has 0 aromatic carbocycles. The zero-order valence-electron chi connectivity index (χ0n) is 20.5. The van der Waals surface area contributed by atoms with Crippen molar-refractivity contribution in [3.63, 3.8) is 0 Å². The number of rotatable bonds is 2. The van der Waals surface area contributed by atoms with Crippen LogP contribution < -0.4 is 10.1 Å². The molecule has 2 amide bonds. The average Bonchev–Trinajstić information content (AvgIpc) is 3.68. The minimum absolute atomic E-state index is 0.106. The van der Waals surface area contributed by atoms with Crippen molar-refractivity contribution in [1.82, 2.24) is 40.4 Å². The van der Waals surface area contributed by atoms with Gasteiger partial charge < -0.3 is 19.7 Å². The number of nitrogens with one attached hydrogen (secondary N) is 2. The van der Waals surface area contributed by atoms with Crippen LogP contribution in [0.2, 0.25) is 0 Å². The van der Waals surface area contributed by atoms with E-state index < -0.39 is 12.1 Å². The molecule has 3 aliphatic rings. The van der Waals surface area contributed by atoms with Gasteiger partial charge in [0.25, 0.3) is 11.8 Å². The third kappa shape index (κ3) is 4.93. The lowest BCUT2D eigenvalue weighted by Gasteiger charge is -2.23. The maximum absolute atomic E-state index is 13.6. The molecule has 6 rings (SSSR count). The number of carbonyl (C=O) groups is 2. The van der Waals surface area contributed by atoms with Crippen LogP contribution in [0, 0.1) is 0 Å². The summed E-state index contributed by atoms with van der Waals surface area (Å²) in [7, 11) is 0. The number of pyridine rings is 1. The summed E-state index contributed by atoms with van der Waals surface area (Å²) in [6, 6.07) is 3.00. The Morgan fingerprint density at radius 1 is 1.16 bits per heavy atom. The maximum atomic E-state index is 13.6. The Morgan fingerprint density at radius 2 is 2.05 bits per heavy atom. The lowest BCUT2D eigenvalue weighted by atomic mass is 9.85. The molecule has 0 unspecified atom stereocenters. The van der Waals surface area contributed by atoms with Gasteiger partial charge in [-0.05, 0) is 25.0 Å². The first-order valence-electron chi connectivity index (χ1n) is 12.9. The van der Waals surface area contributed by atoms with Crippen LogP contribution in [-0.2, 0) is 17.9 Å². The lowest BCUT2D eigenvalue weighted by molar-refractivity contribution is 0.0289. The fraction of sp³-hybridized carbons (Fsp3) is 0.520. The first kappa shape index (κ1) is 23.6. The van der Waals surface area contributed by atoms with Gasteiger partial charge in [0.1, 0.15) is 12.3 Å². The molecule has 2 N–H and O–H groups in total. The van der Waals surface area contributed by atoms with E-state index in [4.69, 9.17) is 9.47 Å². The number of ether oxygens (including phenoxy) is 2. The van der Waals surface area contributed by atoms with Gasteiger partial charge in [-0.15, -0.1) is 5.10 Å². The van der Waals surface area contributed by atoms with Crippen LogP contribution in [0.15, 0.2) is 30.7 Å². The number of aromatic nitrogens is 6. The largest absolute Gasteiger partial charge is 0.489 e. The first-order chi connectivity index (χ1) is 18.2. The number of fused-ring (bicyclic) bond motifs is 4. The van der Waals surface area contributed by atoms with Crippen molar-refractivity contribution in [3.05, 3.63) is 53.4 Å². The number of nitrogens with zero attached hydrogens (tertiary/aromatic N) is 6. The molecule has 12 heteroatoms. The average molecular weight is 507 g/mol. The number of hydrogen-bond donors (Lipinski definition) is 2. The Morgan fingerprint density at radius 3 is 2.95 bits per heavy atom. The van der Waals surface area contributed by atoms with Gasteiger partial charge in [-0.2, -0.15) is 5.10 Å². The standard InChI is InChI=1S/C25H30N8O4/c34-24-23-20(7-4-8-26-23)36-10-9-33-12-17(29-31-33)15-37-21-14-32(13-19(21)28-24)25(35)18-11-27-30-22(18)16-5-2-1-3-6-16/h4,7-8,11-12,16,19,21H,1-3,5-6,9-10,13-15H2,(H,27,30)(H,28,34)/t19-,21-/m0/s1. The van der Waals surface area contributed by atoms with Crippen molar-refractivity contribution in [1.29, 1.82) is 0 Å². The smallest absolute Gasteiger partial charge is 0.274 e. The number of amides is 2. The number of likely N-dealkylation sites (tertiary alicyclic amines) is 1. The van der Waals surface area contributed by atoms with Gasteiger partial charge in [-0.3, -0.25) is 14.7 Å². The molecular formula is C25H30N8O4. The molecule has 1 aliphatic carbocycles. The van der Waals surface area contributed by atoms with Crippen LogP contribution >= 0.6 is 0 Å². The predicted octanol–water partition coefficient (Wildman–Crippen LogP) is 1.68. The van der Waals surface area contributed by atoms with Crippen molar-refractivity contribution < 1.29 is 19.1 Å². The van der Waals surface area contributed by atoms with Crippen LogP contribution in [0.3, 0.4) is 0 Å². The summed E-state index contributed by atoms with van der Waals surface area (Å²) in [4.78, 5) is 32.9. The molecule has 0 spiro atoms. The summed E-state index contributed by atoms with van der Waals surface area (Å²) in [5.41, 5.74) is 2.38. The highest BCUT2D eigenvalue weighted by atomic mass is 16.5. The second-order valence-electron chi connectivity index (χ2n) is 9.84. The van der Waals surface area contributed by atoms with Crippen LogP contribution in [0.5, 0.6) is 5.75 Å². The van der Waals surface area contributed by atoms with E-state index in [1.165, 1.54) is 6.42 Å². The highest BCUT2D eigenvalue weighted by Gasteiger charge is 2.39. The number of H-pyrrole nitrogens is 1. The van der Waals surface area contributed by atoms with Gasteiger partial charge in [0.15, 0.2) is 11.4 Å². The Labute approximate surface area is 213 Å². The topological polar surface area (TPSA) is 140 Å². The zero-order valence-corrected chi connectivity index (χ0v) is 20.5. The molecule has 1 saturated heterocycles. The minimum Gasteiger partial charge on any atom is -0.489 e. The highest BCUT2D eigenvalue weighted by Crippen LogP contribution is 2.34. The fourth-order valence-corrected chi connectivity index (χ4v) is 5.46. The molecule has 1 saturated carbocycles. The van der Waals surface area contributed by atoms with Crippen LogP contribution in [0.25, 0.3) is 0 Å². The van der Waals surface area contributed by atoms with E-state index in [0.29, 0.717) is 49.2 Å². The molecule has 2 bridgehead atoms. The molecule has 5 heterocycles. The van der Waals surface area contributed by atoms with E-state index in [-0.39, 0.29) is 24.1 Å². The molecule has 37 heavy (non-hydrogen) atoms. The lowest BCUT2D eigenvalue weighted by Crippen LogP contribution is -2.44. The second-order valence-corrected chi connectivity index (χ2v) is 9.84. The highest BCUT2D eigenvalue weighted by molar-refractivity contribution is 5.96. The summed E-state index contributed by atoms with van der Waals surface area (Å²) < 4.78 is 13.7. The maximum Gasteiger partial charge on any atom is 0.274 e. The van der Waals surface area contributed by atoms with Gasteiger partial charge in [-0.25, -0.2) is 9.67 Å². The molecular weight excluding hydrogens is 476 g/mol. The quantitative estimate of drug-likeness (QED) is 0.535. The first-order valence-corrected chi connectivity index (χ1v) is 12.9. The zero-order chi connectivity index (χ0) is 25.2. The Balaban J connectivity index is 1.25. The summed E-state index contributed by atoms with van der Waals surface area (Å²) in [6.07, 6.45) is 10.2. The summed E-state index contributed by atoms with van der Waals surface area (Å²) >= 11 is 0. The van der Waals surface area contributed by atoms with E-state index in [9.17, 15) is 9.59 Å². The molecule has 3 aromatic rings. The van der Waals surface area contributed by atoms with Gasteiger partial charge >= 0.3 is 0 Å². The Hall–Kier alpha value is -3.80. The molecule has 2 atom stereocenters. The monoisotopic (exact) mass is 506 g/mol. The normalized spacial score (nSPS) is 22.9. The molecule has 0 radical (unpaired) electrons. The van der Waals surface area contributed by atoms with Crippen LogP contribution in [-0.4, -0.2) is 78.7 Å².